The van der Waals surface area contributed by atoms with Crippen LogP contribution in [0.5, 0.6) is 0 Å². The van der Waals surface area contributed by atoms with Crippen molar-refractivity contribution in [2.75, 3.05) is 0 Å². The van der Waals surface area contributed by atoms with Crippen LogP contribution in [0.2, 0.25) is 0 Å². The fraction of sp³-hybridized carbons (Fsp3) is 0.481. The van der Waals surface area contributed by atoms with Gasteiger partial charge in [0.1, 0.15) is 12.1 Å². The van der Waals surface area contributed by atoms with Crippen LogP contribution in [0.1, 0.15) is 62.5 Å². The Kier molecular flexibility index (Phi) is 9.76. The molecule has 2 atom stereocenters. The Hall–Kier alpha value is -2.66. The largest absolute Gasteiger partial charge is 0.461 e. The molecular formula is C27H36N2O3. The molecule has 5 nitrogen and oxygen atoms in total. The van der Waals surface area contributed by atoms with E-state index < -0.39 is 12.1 Å². The first-order valence-electron chi connectivity index (χ1n) is 12.0. The Morgan fingerprint density at radius 1 is 0.875 bits per heavy atom. The summed E-state index contributed by atoms with van der Waals surface area (Å²) in [6.45, 7) is 0. The third-order valence-corrected chi connectivity index (χ3v) is 6.14. The molecule has 1 amide bonds. The summed E-state index contributed by atoms with van der Waals surface area (Å²) in [5.41, 5.74) is 8.28. The summed E-state index contributed by atoms with van der Waals surface area (Å²) in [5, 5.41) is 2.88. The van der Waals surface area contributed by atoms with E-state index in [0.29, 0.717) is 19.3 Å². The number of nitrogens with two attached hydrogens (primary N) is 1. The predicted octanol–water partition coefficient (Wildman–Crippen LogP) is 4.33. The van der Waals surface area contributed by atoms with Crippen LogP contribution in [-0.4, -0.2) is 30.1 Å². The minimum atomic E-state index is -0.738. The van der Waals surface area contributed by atoms with Gasteiger partial charge >= 0.3 is 5.97 Å². The molecule has 0 bridgehead atoms. The highest BCUT2D eigenvalue weighted by atomic mass is 16.5. The number of aryl methyl sites for hydroxylation is 1. The second-order valence-corrected chi connectivity index (χ2v) is 8.79. The van der Waals surface area contributed by atoms with E-state index in [1.807, 2.05) is 60.7 Å². The maximum Gasteiger partial charge on any atom is 0.329 e. The summed E-state index contributed by atoms with van der Waals surface area (Å²) >= 11 is 0. The van der Waals surface area contributed by atoms with E-state index in [9.17, 15) is 9.59 Å². The van der Waals surface area contributed by atoms with Crippen LogP contribution in [0, 0.1) is 0 Å². The number of benzene rings is 2. The lowest BCUT2D eigenvalue weighted by Crippen LogP contribution is -2.50. The number of esters is 1. The summed E-state index contributed by atoms with van der Waals surface area (Å²) in [6.07, 6.45) is 9.15. The summed E-state index contributed by atoms with van der Waals surface area (Å²) in [4.78, 5) is 25.9. The van der Waals surface area contributed by atoms with Crippen molar-refractivity contribution >= 4 is 11.9 Å². The summed E-state index contributed by atoms with van der Waals surface area (Å²) in [6, 6.07) is 18.3. The quantitative estimate of drug-likeness (QED) is 0.573. The molecule has 172 valence electrons. The lowest BCUT2D eigenvalue weighted by Gasteiger charge is -2.25. The normalized spacial score (nSPS) is 16.9. The molecule has 0 saturated heterocycles. The Labute approximate surface area is 191 Å². The molecule has 3 N–H and O–H groups in total. The predicted molar refractivity (Wildman–Crippen MR) is 127 cm³/mol. The minimum absolute atomic E-state index is 0.0651. The van der Waals surface area contributed by atoms with Gasteiger partial charge in [-0.05, 0) is 49.7 Å². The molecule has 2 aromatic rings. The number of amides is 1. The van der Waals surface area contributed by atoms with Crippen molar-refractivity contribution in [1.29, 1.82) is 0 Å². The van der Waals surface area contributed by atoms with Crippen LogP contribution in [0.25, 0.3) is 0 Å². The molecule has 32 heavy (non-hydrogen) atoms. The molecule has 1 saturated carbocycles. The number of nitrogens with one attached hydrogen (secondary N) is 1. The van der Waals surface area contributed by atoms with Gasteiger partial charge in [0.2, 0.25) is 5.91 Å². The second kappa shape index (κ2) is 13.0. The first-order valence-corrected chi connectivity index (χ1v) is 12.0. The summed E-state index contributed by atoms with van der Waals surface area (Å²) < 4.78 is 5.88. The summed E-state index contributed by atoms with van der Waals surface area (Å²) in [7, 11) is 0. The van der Waals surface area contributed by atoms with Crippen molar-refractivity contribution in [3.63, 3.8) is 0 Å². The number of carbonyl (C=O) groups is 2. The van der Waals surface area contributed by atoms with Gasteiger partial charge in [-0.2, -0.15) is 0 Å². The molecule has 0 spiro atoms. The zero-order chi connectivity index (χ0) is 22.6. The average Bonchev–Trinajstić information content (AvgIpc) is 2.80. The number of hydrogen-bond acceptors (Lipinski definition) is 4. The van der Waals surface area contributed by atoms with Crippen LogP contribution >= 0.6 is 0 Å². The molecule has 0 aliphatic heterocycles. The highest BCUT2D eigenvalue weighted by molar-refractivity contribution is 5.87. The van der Waals surface area contributed by atoms with Gasteiger partial charge in [0.25, 0.3) is 0 Å². The van der Waals surface area contributed by atoms with E-state index in [2.05, 4.69) is 5.32 Å². The molecule has 3 rings (SSSR count). The Balaban J connectivity index is 1.60. The monoisotopic (exact) mass is 436 g/mol. The van der Waals surface area contributed by atoms with Crippen molar-refractivity contribution in [2.45, 2.75) is 82.4 Å². The van der Waals surface area contributed by atoms with E-state index in [4.69, 9.17) is 10.5 Å². The standard InChI is InChI=1S/C27H36N2O3/c28-24(19-18-21-12-6-4-7-13-21)26(30)29-25(20-22-14-8-5-9-15-22)27(31)32-23-16-10-2-1-3-11-17-23/h4-9,12-15,23-25H,1-3,10-11,16-20,28H2,(H,29,30)/t24-,25-/m0/s1. The van der Waals surface area contributed by atoms with Crippen LogP contribution in [0.15, 0.2) is 60.7 Å². The van der Waals surface area contributed by atoms with Crippen molar-refractivity contribution in [3.05, 3.63) is 71.8 Å². The van der Waals surface area contributed by atoms with Crippen LogP contribution in [0.3, 0.4) is 0 Å². The molecule has 1 fully saturated rings. The lowest BCUT2D eigenvalue weighted by atomic mass is 9.98. The Bertz CT molecular complexity index is 817. The van der Waals surface area contributed by atoms with Crippen molar-refractivity contribution < 1.29 is 14.3 Å². The third kappa shape index (κ3) is 8.12. The Morgan fingerprint density at radius 2 is 1.44 bits per heavy atom. The van der Waals surface area contributed by atoms with Crippen LogP contribution < -0.4 is 11.1 Å². The van der Waals surface area contributed by atoms with Gasteiger partial charge in [0.15, 0.2) is 0 Å². The minimum Gasteiger partial charge on any atom is -0.461 e. The molecule has 1 aliphatic rings. The molecule has 1 aliphatic carbocycles. The SMILES string of the molecule is N[C@@H](CCc1ccccc1)C(=O)N[C@@H](Cc1ccccc1)C(=O)OC1CCCCCCC1. The molecule has 0 aromatic heterocycles. The maximum atomic E-state index is 13.1. The highest BCUT2D eigenvalue weighted by Crippen LogP contribution is 2.20. The smallest absolute Gasteiger partial charge is 0.329 e. The fourth-order valence-electron chi connectivity index (χ4n) is 4.20. The Morgan fingerprint density at radius 3 is 2.06 bits per heavy atom. The van der Waals surface area contributed by atoms with E-state index in [1.54, 1.807) is 0 Å². The molecule has 5 heteroatoms. The van der Waals surface area contributed by atoms with Gasteiger partial charge in [-0.25, -0.2) is 4.79 Å². The first kappa shape index (κ1) is 24.0. The zero-order valence-electron chi connectivity index (χ0n) is 18.9. The van der Waals surface area contributed by atoms with Crippen LogP contribution in [0.4, 0.5) is 0 Å². The van der Waals surface area contributed by atoms with Crippen LogP contribution in [-0.2, 0) is 27.2 Å². The van der Waals surface area contributed by atoms with E-state index in [1.165, 1.54) is 19.3 Å². The van der Waals surface area contributed by atoms with E-state index >= 15 is 0 Å². The van der Waals surface area contributed by atoms with Gasteiger partial charge in [-0.3, -0.25) is 4.79 Å². The van der Waals surface area contributed by atoms with Crippen molar-refractivity contribution in [2.24, 2.45) is 5.73 Å². The number of rotatable bonds is 9. The molecule has 0 heterocycles. The fourth-order valence-corrected chi connectivity index (χ4v) is 4.20. The first-order chi connectivity index (χ1) is 15.6. The van der Waals surface area contributed by atoms with Gasteiger partial charge in [-0.1, -0.05) is 79.9 Å². The number of ether oxygens (including phenoxy) is 1. The zero-order valence-corrected chi connectivity index (χ0v) is 18.9. The van der Waals surface area contributed by atoms with Gasteiger partial charge in [0.05, 0.1) is 6.04 Å². The maximum absolute atomic E-state index is 13.1. The second-order valence-electron chi connectivity index (χ2n) is 8.79. The van der Waals surface area contributed by atoms with Gasteiger partial charge < -0.3 is 15.8 Å². The van der Waals surface area contributed by atoms with Crippen molar-refractivity contribution in [3.8, 4) is 0 Å². The topological polar surface area (TPSA) is 81.4 Å². The van der Waals surface area contributed by atoms with Gasteiger partial charge in [-0.15, -0.1) is 0 Å². The number of carbonyl (C=O) groups excluding carboxylic acids is 2. The van der Waals surface area contributed by atoms with E-state index in [-0.39, 0.29) is 18.0 Å². The molecule has 0 radical (unpaired) electrons. The van der Waals surface area contributed by atoms with Gasteiger partial charge in [0, 0.05) is 6.42 Å². The third-order valence-electron chi connectivity index (χ3n) is 6.14. The van der Waals surface area contributed by atoms with Crippen molar-refractivity contribution in [1.82, 2.24) is 5.32 Å². The lowest BCUT2D eigenvalue weighted by molar-refractivity contribution is -0.154. The highest BCUT2D eigenvalue weighted by Gasteiger charge is 2.27. The molecular weight excluding hydrogens is 400 g/mol. The molecule has 0 unspecified atom stereocenters. The van der Waals surface area contributed by atoms with E-state index in [0.717, 1.165) is 36.8 Å². The number of hydrogen-bond donors (Lipinski definition) is 2. The molecule has 2 aromatic carbocycles. The summed E-state index contributed by atoms with van der Waals surface area (Å²) in [5.74, 6) is -0.667. The average molecular weight is 437 g/mol.